The molecule has 98 valence electrons. The summed E-state index contributed by atoms with van der Waals surface area (Å²) in [5.74, 6) is -0.247. The van der Waals surface area contributed by atoms with Gasteiger partial charge in [-0.15, -0.1) is 0 Å². The zero-order valence-corrected chi connectivity index (χ0v) is 11.2. The number of unbranched alkanes of at least 4 members (excludes halogenated alkanes) is 2. The van der Waals surface area contributed by atoms with Crippen molar-refractivity contribution >= 4 is 5.97 Å². The predicted molar refractivity (Wildman–Crippen MR) is 70.9 cm³/mol. The zero-order valence-electron chi connectivity index (χ0n) is 11.2. The Hall–Kier alpha value is -0.790. The Balaban J connectivity index is 2.59. The van der Waals surface area contributed by atoms with E-state index in [0.29, 0.717) is 0 Å². The summed E-state index contributed by atoms with van der Waals surface area (Å²) in [5.41, 5.74) is -0.184. The summed E-state index contributed by atoms with van der Waals surface area (Å²) in [6.45, 7) is 5.71. The van der Waals surface area contributed by atoms with Crippen molar-refractivity contribution in [3.8, 4) is 0 Å². The van der Waals surface area contributed by atoms with E-state index in [1.807, 2.05) is 0 Å². The maximum atomic E-state index is 11.5. The Kier molecular flexibility index (Phi) is 6.31. The zero-order chi connectivity index (χ0) is 12.6. The Morgan fingerprint density at radius 1 is 1.24 bits per heavy atom. The molecular formula is C15H26O2. The van der Waals surface area contributed by atoms with Gasteiger partial charge in [-0.3, -0.25) is 0 Å². The van der Waals surface area contributed by atoms with Gasteiger partial charge in [0.05, 0.1) is 0 Å². The standard InChI is InChI=1S/C15H26O2/c1-3-5-8-11-15(17-14(16)4-2)12-9-6-7-10-13-15/h4H,2-3,5-13H2,1H3. The van der Waals surface area contributed by atoms with Crippen molar-refractivity contribution < 1.29 is 9.53 Å². The van der Waals surface area contributed by atoms with Crippen LogP contribution < -0.4 is 0 Å². The minimum atomic E-state index is -0.247. The molecule has 0 heterocycles. The van der Waals surface area contributed by atoms with Crippen LogP contribution in [0.15, 0.2) is 12.7 Å². The van der Waals surface area contributed by atoms with Gasteiger partial charge in [0.25, 0.3) is 0 Å². The number of hydrogen-bond acceptors (Lipinski definition) is 2. The SMILES string of the molecule is C=CC(=O)OC1(CCCCC)CCCCCC1. The van der Waals surface area contributed by atoms with Crippen molar-refractivity contribution in [2.75, 3.05) is 0 Å². The van der Waals surface area contributed by atoms with Crippen LogP contribution in [-0.2, 0) is 9.53 Å². The second-order valence-corrected chi connectivity index (χ2v) is 5.18. The van der Waals surface area contributed by atoms with Gasteiger partial charge in [0.15, 0.2) is 0 Å². The van der Waals surface area contributed by atoms with Gasteiger partial charge in [0, 0.05) is 6.08 Å². The van der Waals surface area contributed by atoms with Crippen LogP contribution in [0.1, 0.15) is 71.1 Å². The fraction of sp³-hybridized carbons (Fsp3) is 0.800. The molecule has 0 radical (unpaired) electrons. The van der Waals surface area contributed by atoms with Crippen LogP contribution in [0.2, 0.25) is 0 Å². The highest BCUT2D eigenvalue weighted by atomic mass is 16.6. The summed E-state index contributed by atoms with van der Waals surface area (Å²) in [4.78, 5) is 11.5. The maximum Gasteiger partial charge on any atom is 0.330 e. The van der Waals surface area contributed by atoms with E-state index in [9.17, 15) is 4.79 Å². The molecule has 0 aromatic rings. The molecule has 0 amide bonds. The third-order valence-electron chi connectivity index (χ3n) is 3.73. The van der Waals surface area contributed by atoms with E-state index in [4.69, 9.17) is 4.74 Å². The lowest BCUT2D eigenvalue weighted by atomic mass is 9.88. The summed E-state index contributed by atoms with van der Waals surface area (Å²) in [7, 11) is 0. The van der Waals surface area contributed by atoms with E-state index in [1.165, 1.54) is 51.0 Å². The Morgan fingerprint density at radius 2 is 1.88 bits per heavy atom. The van der Waals surface area contributed by atoms with E-state index in [0.717, 1.165) is 19.3 Å². The predicted octanol–water partition coefficient (Wildman–Crippen LogP) is 4.39. The van der Waals surface area contributed by atoms with Crippen LogP contribution in [0.3, 0.4) is 0 Å². The van der Waals surface area contributed by atoms with Crippen molar-refractivity contribution in [1.29, 1.82) is 0 Å². The molecule has 0 aliphatic heterocycles. The van der Waals surface area contributed by atoms with Crippen LogP contribution >= 0.6 is 0 Å². The summed E-state index contributed by atoms with van der Waals surface area (Å²) < 4.78 is 5.70. The fourth-order valence-electron chi connectivity index (χ4n) is 2.73. The lowest BCUT2D eigenvalue weighted by molar-refractivity contribution is -0.156. The Morgan fingerprint density at radius 3 is 2.41 bits per heavy atom. The molecule has 0 bridgehead atoms. The van der Waals surface area contributed by atoms with Crippen molar-refractivity contribution in [2.45, 2.75) is 76.7 Å². The van der Waals surface area contributed by atoms with E-state index in [-0.39, 0.29) is 11.6 Å². The molecule has 1 saturated carbocycles. The number of hydrogen-bond donors (Lipinski definition) is 0. The number of ether oxygens (including phenoxy) is 1. The lowest BCUT2D eigenvalue weighted by Crippen LogP contribution is -2.34. The van der Waals surface area contributed by atoms with E-state index in [2.05, 4.69) is 13.5 Å². The molecule has 1 aliphatic rings. The summed E-state index contributed by atoms with van der Waals surface area (Å²) in [6.07, 6.45) is 13.0. The molecule has 1 rings (SSSR count). The molecule has 0 atom stereocenters. The minimum absolute atomic E-state index is 0.184. The minimum Gasteiger partial charge on any atom is -0.456 e. The molecule has 2 heteroatoms. The van der Waals surface area contributed by atoms with E-state index >= 15 is 0 Å². The molecule has 0 unspecified atom stereocenters. The molecular weight excluding hydrogens is 212 g/mol. The molecule has 0 aromatic carbocycles. The van der Waals surface area contributed by atoms with Gasteiger partial charge in [-0.2, -0.15) is 0 Å². The largest absolute Gasteiger partial charge is 0.456 e. The summed E-state index contributed by atoms with van der Waals surface area (Å²) >= 11 is 0. The Labute approximate surface area is 105 Å². The topological polar surface area (TPSA) is 26.3 Å². The number of carbonyl (C=O) groups excluding carboxylic acids is 1. The normalized spacial score (nSPS) is 19.4. The van der Waals surface area contributed by atoms with Crippen LogP contribution in [-0.4, -0.2) is 11.6 Å². The number of rotatable bonds is 6. The van der Waals surface area contributed by atoms with Crippen LogP contribution in [0.4, 0.5) is 0 Å². The fourth-order valence-corrected chi connectivity index (χ4v) is 2.73. The van der Waals surface area contributed by atoms with Gasteiger partial charge in [-0.05, 0) is 38.5 Å². The van der Waals surface area contributed by atoms with Gasteiger partial charge in [-0.1, -0.05) is 39.2 Å². The highest BCUT2D eigenvalue weighted by molar-refractivity contribution is 5.81. The lowest BCUT2D eigenvalue weighted by Gasteiger charge is -2.32. The molecule has 1 fully saturated rings. The highest BCUT2D eigenvalue weighted by Crippen LogP contribution is 2.35. The quantitative estimate of drug-likeness (QED) is 0.297. The first-order valence-corrected chi connectivity index (χ1v) is 7.08. The number of esters is 1. The van der Waals surface area contributed by atoms with E-state index in [1.54, 1.807) is 0 Å². The smallest absolute Gasteiger partial charge is 0.330 e. The third-order valence-corrected chi connectivity index (χ3v) is 3.73. The second-order valence-electron chi connectivity index (χ2n) is 5.18. The Bertz CT molecular complexity index is 237. The second kappa shape index (κ2) is 7.52. The van der Waals surface area contributed by atoms with Crippen LogP contribution in [0.5, 0.6) is 0 Å². The molecule has 17 heavy (non-hydrogen) atoms. The average molecular weight is 238 g/mol. The van der Waals surface area contributed by atoms with Crippen molar-refractivity contribution in [3.63, 3.8) is 0 Å². The van der Waals surface area contributed by atoms with Gasteiger partial charge >= 0.3 is 5.97 Å². The molecule has 0 spiro atoms. The van der Waals surface area contributed by atoms with Gasteiger partial charge < -0.3 is 4.74 Å². The first-order chi connectivity index (χ1) is 8.22. The first kappa shape index (κ1) is 14.3. The van der Waals surface area contributed by atoms with Gasteiger partial charge in [-0.25, -0.2) is 4.79 Å². The van der Waals surface area contributed by atoms with Crippen LogP contribution in [0.25, 0.3) is 0 Å². The molecule has 0 N–H and O–H groups in total. The number of carbonyl (C=O) groups is 1. The maximum absolute atomic E-state index is 11.5. The third kappa shape index (κ3) is 4.93. The molecule has 0 saturated heterocycles. The molecule has 2 nitrogen and oxygen atoms in total. The van der Waals surface area contributed by atoms with Gasteiger partial charge in [0.2, 0.25) is 0 Å². The molecule has 0 aromatic heterocycles. The highest BCUT2D eigenvalue weighted by Gasteiger charge is 2.33. The van der Waals surface area contributed by atoms with Crippen molar-refractivity contribution in [2.24, 2.45) is 0 Å². The van der Waals surface area contributed by atoms with Gasteiger partial charge in [0.1, 0.15) is 5.60 Å². The van der Waals surface area contributed by atoms with Crippen molar-refractivity contribution in [3.05, 3.63) is 12.7 Å². The van der Waals surface area contributed by atoms with E-state index < -0.39 is 0 Å². The summed E-state index contributed by atoms with van der Waals surface area (Å²) in [5, 5.41) is 0. The average Bonchev–Trinajstić information content (AvgIpc) is 2.55. The first-order valence-electron chi connectivity index (χ1n) is 7.08. The monoisotopic (exact) mass is 238 g/mol. The summed E-state index contributed by atoms with van der Waals surface area (Å²) in [6, 6.07) is 0. The molecule has 1 aliphatic carbocycles. The van der Waals surface area contributed by atoms with Crippen LogP contribution in [0, 0.1) is 0 Å². The van der Waals surface area contributed by atoms with Crippen molar-refractivity contribution in [1.82, 2.24) is 0 Å².